The lowest BCUT2D eigenvalue weighted by molar-refractivity contribution is -0.189. The van der Waals surface area contributed by atoms with Crippen LogP contribution in [0.1, 0.15) is 13.8 Å². The molecule has 0 saturated carbocycles. The van der Waals surface area contributed by atoms with E-state index in [1.807, 2.05) is 0 Å². The third-order valence-electron chi connectivity index (χ3n) is 2.37. The molecule has 0 bridgehead atoms. The fourth-order valence-electron chi connectivity index (χ4n) is 1.02. The molecule has 0 aliphatic heterocycles. The Hall–Kier alpha value is -1.26. The summed E-state index contributed by atoms with van der Waals surface area (Å²) in [5, 5.41) is 54.3. The minimum Gasteiger partial charge on any atom is -0.478 e. The molecule has 0 aromatic carbocycles. The quantitative estimate of drug-likeness (QED) is 0.264. The van der Waals surface area contributed by atoms with Gasteiger partial charge >= 0.3 is 11.9 Å². The monoisotopic (exact) mass is 282 g/mol. The number of hydrogen-bond donors (Lipinski definition) is 6. The van der Waals surface area contributed by atoms with E-state index in [0.717, 1.165) is 13.8 Å². The van der Waals surface area contributed by atoms with E-state index in [-0.39, 0.29) is 0 Å². The molecular formula is C10H18O9. The number of ether oxygens (including phenoxy) is 1. The molecule has 9 heteroatoms. The molecule has 9 nitrogen and oxygen atoms in total. The Morgan fingerprint density at radius 2 is 1.58 bits per heavy atom. The summed E-state index contributed by atoms with van der Waals surface area (Å²) in [5.74, 6) is -2.96. The highest BCUT2D eigenvalue weighted by atomic mass is 16.6. The normalized spacial score (nSPS) is 18.3. The zero-order chi connectivity index (χ0) is 15.4. The van der Waals surface area contributed by atoms with E-state index in [4.69, 9.17) is 15.3 Å². The molecule has 0 spiro atoms. The van der Waals surface area contributed by atoms with E-state index < -0.39 is 48.6 Å². The standard InChI is InChI=1S/C10H18O9/c1-10(2,9(17)18)19-8(16)7(15)6(14)5(13)4(12)3-11/h4-7,11-15H,3H2,1-2H3,(H,17,18)/t4-,5-,6+,7-/m1/s1. The molecule has 0 saturated heterocycles. The zero-order valence-corrected chi connectivity index (χ0v) is 10.4. The highest BCUT2D eigenvalue weighted by molar-refractivity contribution is 5.83. The molecule has 0 aromatic rings. The Morgan fingerprint density at radius 1 is 1.11 bits per heavy atom. The number of rotatable bonds is 7. The van der Waals surface area contributed by atoms with Crippen molar-refractivity contribution >= 4 is 11.9 Å². The number of esters is 1. The summed E-state index contributed by atoms with van der Waals surface area (Å²) in [6.45, 7) is 1.19. The van der Waals surface area contributed by atoms with Crippen molar-refractivity contribution in [3.63, 3.8) is 0 Å². The average molecular weight is 282 g/mol. The molecule has 0 radical (unpaired) electrons. The van der Waals surface area contributed by atoms with Crippen molar-refractivity contribution in [2.24, 2.45) is 0 Å². The first kappa shape index (κ1) is 17.7. The first-order chi connectivity index (χ1) is 8.54. The smallest absolute Gasteiger partial charge is 0.347 e. The van der Waals surface area contributed by atoms with E-state index >= 15 is 0 Å². The highest BCUT2D eigenvalue weighted by Gasteiger charge is 2.39. The molecule has 0 aliphatic rings. The lowest BCUT2D eigenvalue weighted by Gasteiger charge is -2.27. The van der Waals surface area contributed by atoms with Crippen LogP contribution in [0.15, 0.2) is 0 Å². The molecule has 0 amide bonds. The number of aliphatic carboxylic acids is 1. The Balaban J connectivity index is 4.70. The second-order valence-corrected chi connectivity index (χ2v) is 4.41. The van der Waals surface area contributed by atoms with Crippen molar-refractivity contribution in [3.05, 3.63) is 0 Å². The molecule has 0 rings (SSSR count). The fraction of sp³-hybridized carbons (Fsp3) is 0.800. The number of carboxylic acids is 1. The van der Waals surface area contributed by atoms with Crippen LogP contribution in [0.5, 0.6) is 0 Å². The number of aliphatic hydroxyl groups excluding tert-OH is 5. The van der Waals surface area contributed by atoms with E-state index in [1.54, 1.807) is 0 Å². The van der Waals surface area contributed by atoms with E-state index in [9.17, 15) is 24.9 Å². The van der Waals surface area contributed by atoms with Crippen LogP contribution in [0.3, 0.4) is 0 Å². The topological polar surface area (TPSA) is 165 Å². The largest absolute Gasteiger partial charge is 0.478 e. The van der Waals surface area contributed by atoms with Crippen LogP contribution >= 0.6 is 0 Å². The average Bonchev–Trinajstić information content (AvgIpc) is 2.34. The predicted octanol–water partition coefficient (Wildman–Crippen LogP) is -3.17. The zero-order valence-electron chi connectivity index (χ0n) is 10.4. The van der Waals surface area contributed by atoms with Crippen molar-refractivity contribution in [3.8, 4) is 0 Å². The lowest BCUT2D eigenvalue weighted by Crippen LogP contribution is -2.51. The first-order valence-electron chi connectivity index (χ1n) is 5.34. The van der Waals surface area contributed by atoms with Crippen molar-refractivity contribution in [2.75, 3.05) is 6.61 Å². The van der Waals surface area contributed by atoms with E-state index in [2.05, 4.69) is 4.74 Å². The van der Waals surface area contributed by atoms with E-state index in [0.29, 0.717) is 0 Å². The maximum Gasteiger partial charge on any atom is 0.347 e. The molecule has 0 heterocycles. The predicted molar refractivity (Wildman–Crippen MR) is 58.9 cm³/mol. The summed E-state index contributed by atoms with van der Waals surface area (Å²) in [6.07, 6.45) is -8.18. The third-order valence-corrected chi connectivity index (χ3v) is 2.37. The van der Waals surface area contributed by atoms with Gasteiger partial charge in [-0.3, -0.25) is 0 Å². The van der Waals surface area contributed by atoms with E-state index in [1.165, 1.54) is 0 Å². The summed E-state index contributed by atoms with van der Waals surface area (Å²) >= 11 is 0. The van der Waals surface area contributed by atoms with Crippen molar-refractivity contribution in [1.82, 2.24) is 0 Å². The summed E-state index contributed by atoms with van der Waals surface area (Å²) in [5.41, 5.74) is -1.93. The second kappa shape index (κ2) is 6.78. The van der Waals surface area contributed by atoms with Crippen LogP contribution in [0, 0.1) is 0 Å². The number of carbonyl (C=O) groups is 2. The second-order valence-electron chi connectivity index (χ2n) is 4.41. The number of hydrogen-bond acceptors (Lipinski definition) is 8. The van der Waals surface area contributed by atoms with Gasteiger partial charge < -0.3 is 35.4 Å². The van der Waals surface area contributed by atoms with Crippen LogP contribution in [-0.4, -0.2) is 79.2 Å². The van der Waals surface area contributed by atoms with Gasteiger partial charge in [-0.25, -0.2) is 9.59 Å². The van der Waals surface area contributed by atoms with Gasteiger partial charge in [0.15, 0.2) is 6.10 Å². The summed E-state index contributed by atoms with van der Waals surface area (Å²) in [6, 6.07) is 0. The number of carbonyl (C=O) groups excluding carboxylic acids is 1. The minimum absolute atomic E-state index is 0.902. The van der Waals surface area contributed by atoms with Gasteiger partial charge in [0.2, 0.25) is 5.60 Å². The van der Waals surface area contributed by atoms with Gasteiger partial charge in [0.25, 0.3) is 0 Å². The molecule has 6 N–H and O–H groups in total. The van der Waals surface area contributed by atoms with Crippen LogP contribution < -0.4 is 0 Å². The molecule has 0 aromatic heterocycles. The van der Waals surface area contributed by atoms with Crippen LogP contribution in [-0.2, 0) is 14.3 Å². The first-order valence-corrected chi connectivity index (χ1v) is 5.34. The molecule has 0 unspecified atom stereocenters. The van der Waals surface area contributed by atoms with Gasteiger partial charge in [0, 0.05) is 0 Å². The van der Waals surface area contributed by atoms with Crippen molar-refractivity contribution < 1.29 is 45.0 Å². The molecule has 19 heavy (non-hydrogen) atoms. The van der Waals surface area contributed by atoms with Gasteiger partial charge in [-0.15, -0.1) is 0 Å². The molecule has 0 aliphatic carbocycles. The summed E-state index contributed by atoms with van der Waals surface area (Å²) in [7, 11) is 0. The van der Waals surface area contributed by atoms with Crippen LogP contribution in [0.2, 0.25) is 0 Å². The highest BCUT2D eigenvalue weighted by Crippen LogP contribution is 2.13. The summed E-state index contributed by atoms with van der Waals surface area (Å²) in [4.78, 5) is 22.1. The number of carboxylic acid groups (broad SMARTS) is 1. The van der Waals surface area contributed by atoms with Crippen molar-refractivity contribution in [2.45, 2.75) is 43.9 Å². The van der Waals surface area contributed by atoms with Gasteiger partial charge in [0.05, 0.1) is 6.61 Å². The Kier molecular flexibility index (Phi) is 6.33. The SMILES string of the molecule is CC(C)(OC(=O)[C@H](O)[C@@H](O)[C@H](O)[C@H](O)CO)C(=O)O. The van der Waals surface area contributed by atoms with Crippen LogP contribution in [0.4, 0.5) is 0 Å². The Bertz CT molecular complexity index is 327. The van der Waals surface area contributed by atoms with Crippen molar-refractivity contribution in [1.29, 1.82) is 0 Å². The Morgan fingerprint density at radius 3 is 1.95 bits per heavy atom. The minimum atomic E-state index is -2.27. The van der Waals surface area contributed by atoms with Gasteiger partial charge in [0.1, 0.15) is 18.3 Å². The van der Waals surface area contributed by atoms with Gasteiger partial charge in [-0.1, -0.05) is 0 Å². The fourth-order valence-corrected chi connectivity index (χ4v) is 1.02. The molecule has 112 valence electrons. The van der Waals surface area contributed by atoms with Gasteiger partial charge in [-0.05, 0) is 13.8 Å². The number of aliphatic hydroxyl groups is 5. The molecular weight excluding hydrogens is 264 g/mol. The van der Waals surface area contributed by atoms with Crippen LogP contribution in [0.25, 0.3) is 0 Å². The molecule has 0 fully saturated rings. The maximum absolute atomic E-state index is 11.4. The maximum atomic E-state index is 11.4. The Labute approximate surface area is 108 Å². The molecule has 4 atom stereocenters. The lowest BCUT2D eigenvalue weighted by atomic mass is 10.0. The third kappa shape index (κ3) is 4.73. The van der Waals surface area contributed by atoms with Gasteiger partial charge in [-0.2, -0.15) is 0 Å². The summed E-state index contributed by atoms with van der Waals surface area (Å²) < 4.78 is 4.44.